The van der Waals surface area contributed by atoms with Crippen molar-refractivity contribution in [3.8, 4) is 0 Å². The Morgan fingerprint density at radius 2 is 1.55 bits per heavy atom. The van der Waals surface area contributed by atoms with Crippen LogP contribution in [0.4, 0.5) is 0 Å². The summed E-state index contributed by atoms with van der Waals surface area (Å²) in [5, 5.41) is 17.8. The average Bonchev–Trinajstić information content (AvgIpc) is 2.73. The Kier molecular flexibility index (Phi) is 2.94. The standard InChI is InChI=1S/C8H8N2O9S/c11-4-3-8(20(17,18)19,7(14)9(4)15)10(16)5(12)1-2-6(10)13/h15-16H,1-3H2/p+2. The molecule has 2 saturated heterocycles. The molecular weight excluding hydrogens is 300 g/mol. The molecule has 20 heavy (non-hydrogen) atoms. The highest BCUT2D eigenvalue weighted by Gasteiger charge is 2.84. The molecule has 2 fully saturated rings. The van der Waals surface area contributed by atoms with Gasteiger partial charge in [0.15, 0.2) is 6.42 Å². The maximum absolute atomic E-state index is 11.8. The van der Waals surface area contributed by atoms with Crippen molar-refractivity contribution in [2.75, 3.05) is 0 Å². The molecule has 0 saturated carbocycles. The first-order valence-corrected chi connectivity index (χ1v) is 6.74. The zero-order valence-electron chi connectivity index (χ0n) is 9.77. The molecule has 2 atom stereocenters. The molecule has 0 bridgehead atoms. The Hall–Kier alpha value is -1.57. The van der Waals surface area contributed by atoms with Gasteiger partial charge in [-0.3, -0.25) is 4.55 Å². The van der Waals surface area contributed by atoms with Crippen molar-refractivity contribution < 1.29 is 52.3 Å². The largest absolute Gasteiger partial charge is 0.436 e. The van der Waals surface area contributed by atoms with Gasteiger partial charge >= 0.3 is 38.6 Å². The van der Waals surface area contributed by atoms with Crippen LogP contribution in [0, 0.1) is 0 Å². The van der Waals surface area contributed by atoms with Crippen molar-refractivity contribution in [2.45, 2.75) is 24.1 Å². The Labute approximate surface area is 111 Å². The van der Waals surface area contributed by atoms with Crippen LogP contribution in [0.2, 0.25) is 0 Å². The number of rotatable bonds is 2. The molecule has 110 valence electrons. The van der Waals surface area contributed by atoms with Crippen LogP contribution in [-0.2, 0) is 29.3 Å². The van der Waals surface area contributed by atoms with E-state index in [0.29, 0.717) is 0 Å². The monoisotopic (exact) mass is 310 g/mol. The van der Waals surface area contributed by atoms with Crippen molar-refractivity contribution in [1.82, 2.24) is 0 Å². The number of likely N-dealkylation sites (tertiary alicyclic amines) is 1. The Morgan fingerprint density at radius 3 is 1.85 bits per heavy atom. The van der Waals surface area contributed by atoms with Gasteiger partial charge in [-0.25, -0.2) is 24.4 Å². The van der Waals surface area contributed by atoms with E-state index in [1.807, 2.05) is 0 Å². The first-order chi connectivity index (χ1) is 9.00. The molecule has 4 amide bonds. The number of nitrogens with one attached hydrogen (secondary N) is 1. The summed E-state index contributed by atoms with van der Waals surface area (Å²) in [5.74, 6) is -5.99. The van der Waals surface area contributed by atoms with Crippen molar-refractivity contribution >= 4 is 33.7 Å². The number of carbonyl (C=O) groups excluding carboxylic acids is 4. The lowest BCUT2D eigenvalue weighted by Gasteiger charge is -2.30. The quantitative estimate of drug-likeness (QED) is 0.174. The Bertz CT molecular complexity index is 637. The molecule has 0 aromatic carbocycles. The Morgan fingerprint density at radius 1 is 1.10 bits per heavy atom. The third kappa shape index (κ3) is 1.42. The summed E-state index contributed by atoms with van der Waals surface area (Å²) in [4.78, 5) is 43.1. The summed E-state index contributed by atoms with van der Waals surface area (Å²) < 4.78 is 29.7. The molecule has 0 aliphatic carbocycles. The van der Waals surface area contributed by atoms with Gasteiger partial charge in [-0.15, -0.1) is 0 Å². The van der Waals surface area contributed by atoms with Crippen LogP contribution in [0.5, 0.6) is 0 Å². The first-order valence-electron chi connectivity index (χ1n) is 5.30. The smallest absolute Gasteiger partial charge is 0.280 e. The second-order valence-corrected chi connectivity index (χ2v) is 6.09. The summed E-state index contributed by atoms with van der Waals surface area (Å²) in [5.41, 5.74) is 0. The van der Waals surface area contributed by atoms with Crippen LogP contribution < -0.4 is 5.06 Å². The van der Waals surface area contributed by atoms with E-state index in [4.69, 9.17) is 0 Å². The van der Waals surface area contributed by atoms with Crippen LogP contribution in [-0.4, -0.2) is 56.5 Å². The maximum Gasteiger partial charge on any atom is 0.436 e. The minimum Gasteiger partial charge on any atom is -0.280 e. The van der Waals surface area contributed by atoms with E-state index in [-0.39, 0.29) is 0 Å². The third-order valence-corrected chi connectivity index (χ3v) is 4.91. The van der Waals surface area contributed by atoms with E-state index < -0.39 is 67.6 Å². The summed E-state index contributed by atoms with van der Waals surface area (Å²) in [6.07, 6.45) is -2.52. The fourth-order valence-corrected chi connectivity index (χ4v) is 3.59. The topological polar surface area (TPSA) is 168 Å². The van der Waals surface area contributed by atoms with Gasteiger partial charge in [0, 0.05) is 0 Å². The number of carbonyl (C=O) groups is 4. The molecule has 2 unspecified atom stereocenters. The van der Waals surface area contributed by atoms with Gasteiger partial charge in [0.2, 0.25) is 0 Å². The molecule has 0 aromatic rings. The lowest BCUT2D eigenvalue weighted by molar-refractivity contribution is -1.00. The lowest BCUT2D eigenvalue weighted by atomic mass is 10.2. The number of hydroxylamine groups is 5. The molecule has 2 aliphatic heterocycles. The van der Waals surface area contributed by atoms with Crippen LogP contribution >= 0.6 is 0 Å². The van der Waals surface area contributed by atoms with Crippen LogP contribution in [0.1, 0.15) is 19.3 Å². The van der Waals surface area contributed by atoms with E-state index in [9.17, 15) is 42.6 Å². The lowest BCUT2D eigenvalue weighted by Crippen LogP contribution is -3.14. The molecule has 11 nitrogen and oxygen atoms in total. The minimum absolute atomic E-state index is 0.561. The third-order valence-electron chi connectivity index (χ3n) is 3.46. The van der Waals surface area contributed by atoms with Crippen LogP contribution in [0.15, 0.2) is 0 Å². The summed E-state index contributed by atoms with van der Waals surface area (Å²) in [7, 11) is -5.56. The SMILES string of the molecule is O=C1CC([N+]2(O)C(=O)CCC2=O)(S(=O)(=O)O)C(=O)[NH+]1O. The van der Waals surface area contributed by atoms with E-state index in [1.54, 1.807) is 0 Å². The predicted octanol–water partition coefficient (Wildman–Crippen LogP) is -3.65. The van der Waals surface area contributed by atoms with E-state index in [0.717, 1.165) is 0 Å². The van der Waals surface area contributed by atoms with E-state index in [1.165, 1.54) is 0 Å². The highest BCUT2D eigenvalue weighted by atomic mass is 32.2. The number of hydrogen-bond acceptors (Lipinski definition) is 8. The summed E-state index contributed by atoms with van der Waals surface area (Å²) in [6, 6.07) is 0. The highest BCUT2D eigenvalue weighted by Crippen LogP contribution is 2.39. The Balaban J connectivity index is 2.81. The fraction of sp³-hybridized carbons (Fsp3) is 0.500. The van der Waals surface area contributed by atoms with Crippen molar-refractivity contribution in [1.29, 1.82) is 0 Å². The fourth-order valence-electron chi connectivity index (χ4n) is 2.41. The second kappa shape index (κ2) is 3.97. The molecule has 12 heteroatoms. The molecule has 0 radical (unpaired) electrons. The number of imide groups is 2. The first kappa shape index (κ1) is 14.8. The molecule has 0 aromatic heterocycles. The molecule has 2 aliphatic rings. The summed E-state index contributed by atoms with van der Waals surface area (Å²) >= 11 is 0. The number of amides is 4. The van der Waals surface area contributed by atoms with Gasteiger partial charge in [-0.1, -0.05) is 5.06 Å². The van der Waals surface area contributed by atoms with E-state index >= 15 is 0 Å². The van der Waals surface area contributed by atoms with Gasteiger partial charge in [-0.05, 0) is 4.65 Å². The van der Waals surface area contributed by atoms with Crippen molar-refractivity contribution in [3.05, 3.63) is 0 Å². The molecule has 2 rings (SSSR count). The van der Waals surface area contributed by atoms with Crippen LogP contribution in [0.25, 0.3) is 0 Å². The second-order valence-electron chi connectivity index (χ2n) is 4.46. The van der Waals surface area contributed by atoms with Crippen molar-refractivity contribution in [2.24, 2.45) is 0 Å². The highest BCUT2D eigenvalue weighted by molar-refractivity contribution is 7.88. The number of hydrogen-bond donors (Lipinski definition) is 4. The maximum atomic E-state index is 11.8. The van der Waals surface area contributed by atoms with Gasteiger partial charge in [-0.2, -0.15) is 13.6 Å². The van der Waals surface area contributed by atoms with E-state index in [2.05, 4.69) is 0 Å². The van der Waals surface area contributed by atoms with Gasteiger partial charge in [0.25, 0.3) is 0 Å². The average molecular weight is 310 g/mol. The molecule has 0 spiro atoms. The molecule has 2 heterocycles. The molecular formula is C8H10N2O9S+2. The van der Waals surface area contributed by atoms with Crippen molar-refractivity contribution in [3.63, 3.8) is 0 Å². The number of nitrogens with zero attached hydrogens (tertiary/aromatic N) is 1. The zero-order valence-corrected chi connectivity index (χ0v) is 10.6. The summed E-state index contributed by atoms with van der Waals surface area (Å²) in [6.45, 7) is 0. The number of quaternary nitrogens is 2. The molecule has 4 N–H and O–H groups in total. The van der Waals surface area contributed by atoms with Gasteiger partial charge < -0.3 is 0 Å². The van der Waals surface area contributed by atoms with Gasteiger partial charge in [0.05, 0.1) is 12.8 Å². The normalized spacial score (nSPS) is 34.0. The minimum atomic E-state index is -5.56. The zero-order chi connectivity index (χ0) is 15.5. The van der Waals surface area contributed by atoms with Gasteiger partial charge in [0.1, 0.15) is 0 Å². The predicted molar refractivity (Wildman–Crippen MR) is 53.0 cm³/mol. The van der Waals surface area contributed by atoms with Crippen LogP contribution in [0.3, 0.4) is 0 Å².